The Balaban J connectivity index is 1.35. The van der Waals surface area contributed by atoms with Gasteiger partial charge in [-0.05, 0) is 36.1 Å². The van der Waals surface area contributed by atoms with Gasteiger partial charge in [-0.2, -0.15) is 0 Å². The SMILES string of the molecule is COc1cccc(CO[C@@H]2CN(CCc3ccccc3)C(=O)CN(C(=O)c3coc4c3C(=O)CCC4)C2)c1. The number of Topliss-reactive ketones (excluding diaryl/α,β-unsaturated/α-hetero) is 1. The van der Waals surface area contributed by atoms with Crippen molar-refractivity contribution in [3.63, 3.8) is 0 Å². The Morgan fingerprint density at radius 1 is 1.03 bits per heavy atom. The Morgan fingerprint density at radius 2 is 1.84 bits per heavy atom. The second-order valence-electron chi connectivity index (χ2n) is 9.77. The van der Waals surface area contributed by atoms with Crippen molar-refractivity contribution in [2.75, 3.05) is 33.3 Å². The maximum absolute atomic E-state index is 13.6. The van der Waals surface area contributed by atoms with Gasteiger partial charge in [-0.3, -0.25) is 14.4 Å². The fourth-order valence-corrected chi connectivity index (χ4v) is 5.09. The molecule has 2 aliphatic rings. The van der Waals surface area contributed by atoms with E-state index in [1.807, 2.05) is 54.6 Å². The highest BCUT2D eigenvalue weighted by Gasteiger charge is 2.35. The molecule has 0 radical (unpaired) electrons. The first-order chi connectivity index (χ1) is 18.5. The molecule has 1 aliphatic heterocycles. The van der Waals surface area contributed by atoms with Crippen molar-refractivity contribution in [2.24, 2.45) is 0 Å². The molecule has 2 aromatic carbocycles. The van der Waals surface area contributed by atoms with E-state index >= 15 is 0 Å². The van der Waals surface area contributed by atoms with Crippen LogP contribution in [0.2, 0.25) is 0 Å². The van der Waals surface area contributed by atoms with Gasteiger partial charge >= 0.3 is 0 Å². The molecule has 0 unspecified atom stereocenters. The molecule has 1 aromatic heterocycles. The molecular formula is C30H32N2O6. The fourth-order valence-electron chi connectivity index (χ4n) is 5.09. The summed E-state index contributed by atoms with van der Waals surface area (Å²) in [6.07, 6.45) is 3.40. The second-order valence-corrected chi connectivity index (χ2v) is 9.77. The van der Waals surface area contributed by atoms with Crippen LogP contribution in [-0.2, 0) is 29.0 Å². The summed E-state index contributed by atoms with van der Waals surface area (Å²) >= 11 is 0. The molecule has 0 spiro atoms. The molecule has 2 heterocycles. The molecule has 8 heteroatoms. The smallest absolute Gasteiger partial charge is 0.258 e. The van der Waals surface area contributed by atoms with E-state index < -0.39 is 6.10 Å². The van der Waals surface area contributed by atoms with Crippen molar-refractivity contribution in [1.29, 1.82) is 0 Å². The van der Waals surface area contributed by atoms with Crippen LogP contribution in [0, 0.1) is 0 Å². The second kappa shape index (κ2) is 11.6. The van der Waals surface area contributed by atoms with Gasteiger partial charge in [0.1, 0.15) is 24.3 Å². The van der Waals surface area contributed by atoms with E-state index in [4.69, 9.17) is 13.9 Å². The Bertz CT molecular complexity index is 1300. The van der Waals surface area contributed by atoms with E-state index in [1.54, 1.807) is 12.0 Å². The van der Waals surface area contributed by atoms with E-state index in [9.17, 15) is 14.4 Å². The standard InChI is InChI=1S/C30H32N2O6/c1-36-23-10-5-9-22(15-23)19-37-24-16-31(14-13-21-7-3-2-4-8-21)28(34)18-32(17-24)30(35)25-20-38-27-12-6-11-26(33)29(25)27/h2-5,7-10,15,20,24H,6,11-14,16-19H2,1H3/t24-/m1/s1. The van der Waals surface area contributed by atoms with E-state index in [1.165, 1.54) is 11.2 Å². The number of carbonyl (C=O) groups is 3. The molecule has 3 aromatic rings. The normalized spacial score (nSPS) is 17.8. The largest absolute Gasteiger partial charge is 0.497 e. The van der Waals surface area contributed by atoms with Gasteiger partial charge in [0.2, 0.25) is 5.91 Å². The van der Waals surface area contributed by atoms with Gasteiger partial charge in [0.05, 0.1) is 30.9 Å². The molecule has 2 amide bonds. The number of ketones is 1. The van der Waals surface area contributed by atoms with Crippen molar-refractivity contribution in [2.45, 2.75) is 38.4 Å². The quantitative estimate of drug-likeness (QED) is 0.451. The third-order valence-electron chi connectivity index (χ3n) is 7.13. The number of nitrogens with zero attached hydrogens (tertiary/aromatic N) is 2. The van der Waals surface area contributed by atoms with Crippen LogP contribution in [0.3, 0.4) is 0 Å². The molecule has 0 N–H and O–H groups in total. The number of aryl methyl sites for hydroxylation is 1. The molecular weight excluding hydrogens is 484 g/mol. The lowest BCUT2D eigenvalue weighted by atomic mass is 9.93. The van der Waals surface area contributed by atoms with Gasteiger partial charge in [0.15, 0.2) is 5.78 Å². The number of furan rings is 1. The van der Waals surface area contributed by atoms with Gasteiger partial charge in [0.25, 0.3) is 5.91 Å². The predicted molar refractivity (Wildman–Crippen MR) is 140 cm³/mol. The van der Waals surface area contributed by atoms with Gasteiger partial charge < -0.3 is 23.7 Å². The van der Waals surface area contributed by atoms with Gasteiger partial charge in [-0.1, -0.05) is 42.5 Å². The average Bonchev–Trinajstić information content (AvgIpc) is 3.32. The first kappa shape index (κ1) is 25.7. The van der Waals surface area contributed by atoms with Crippen molar-refractivity contribution in [1.82, 2.24) is 9.80 Å². The van der Waals surface area contributed by atoms with Crippen molar-refractivity contribution >= 4 is 17.6 Å². The highest BCUT2D eigenvalue weighted by Crippen LogP contribution is 2.28. The van der Waals surface area contributed by atoms with E-state index in [-0.39, 0.29) is 36.3 Å². The first-order valence-electron chi connectivity index (χ1n) is 13.0. The summed E-state index contributed by atoms with van der Waals surface area (Å²) in [6, 6.07) is 17.6. The summed E-state index contributed by atoms with van der Waals surface area (Å²) in [5.74, 6) is 0.683. The zero-order valence-electron chi connectivity index (χ0n) is 21.6. The number of benzene rings is 2. The molecule has 198 valence electrons. The number of hydrogen-bond donors (Lipinski definition) is 0. The van der Waals surface area contributed by atoms with Crippen LogP contribution < -0.4 is 4.74 Å². The molecule has 1 fully saturated rings. The molecule has 5 rings (SSSR count). The fraction of sp³-hybridized carbons (Fsp3) is 0.367. The minimum atomic E-state index is -0.411. The molecule has 38 heavy (non-hydrogen) atoms. The first-order valence-corrected chi connectivity index (χ1v) is 13.0. The summed E-state index contributed by atoms with van der Waals surface area (Å²) in [4.78, 5) is 42.8. The Hall–Kier alpha value is -3.91. The van der Waals surface area contributed by atoms with Crippen LogP contribution in [-0.4, -0.2) is 66.8 Å². The Kier molecular flexibility index (Phi) is 7.89. The maximum Gasteiger partial charge on any atom is 0.258 e. The average molecular weight is 517 g/mol. The predicted octanol–water partition coefficient (Wildman–Crippen LogP) is 3.92. The van der Waals surface area contributed by atoms with Crippen LogP contribution in [0.25, 0.3) is 0 Å². The number of methoxy groups -OCH3 is 1. The molecule has 0 bridgehead atoms. The van der Waals surface area contributed by atoms with Crippen molar-refractivity contribution < 1.29 is 28.3 Å². The summed E-state index contributed by atoms with van der Waals surface area (Å²) in [7, 11) is 1.62. The third kappa shape index (κ3) is 5.81. The van der Waals surface area contributed by atoms with Crippen LogP contribution in [0.1, 0.15) is 50.4 Å². The maximum atomic E-state index is 13.6. The minimum Gasteiger partial charge on any atom is -0.497 e. The monoisotopic (exact) mass is 516 g/mol. The van der Waals surface area contributed by atoms with Gasteiger partial charge in [-0.15, -0.1) is 0 Å². The van der Waals surface area contributed by atoms with Crippen LogP contribution >= 0.6 is 0 Å². The van der Waals surface area contributed by atoms with Crippen LogP contribution in [0.4, 0.5) is 0 Å². The lowest BCUT2D eigenvalue weighted by Gasteiger charge is -2.25. The Morgan fingerprint density at radius 3 is 2.66 bits per heavy atom. The molecule has 1 saturated heterocycles. The zero-order chi connectivity index (χ0) is 26.5. The van der Waals surface area contributed by atoms with E-state index in [2.05, 4.69) is 0 Å². The molecule has 1 atom stereocenters. The highest BCUT2D eigenvalue weighted by atomic mass is 16.5. The number of carbonyl (C=O) groups excluding carboxylic acids is 3. The number of hydrogen-bond acceptors (Lipinski definition) is 6. The number of rotatable bonds is 8. The highest BCUT2D eigenvalue weighted by molar-refractivity contribution is 6.09. The van der Waals surface area contributed by atoms with E-state index in [0.717, 1.165) is 16.9 Å². The van der Waals surface area contributed by atoms with E-state index in [0.29, 0.717) is 56.7 Å². The summed E-state index contributed by atoms with van der Waals surface area (Å²) in [5, 5.41) is 0. The van der Waals surface area contributed by atoms with Gasteiger partial charge in [0, 0.05) is 32.5 Å². The lowest BCUT2D eigenvalue weighted by Crippen LogP contribution is -2.40. The van der Waals surface area contributed by atoms with Gasteiger partial charge in [-0.25, -0.2) is 0 Å². The lowest BCUT2D eigenvalue weighted by molar-refractivity contribution is -0.131. The number of ether oxygens (including phenoxy) is 2. The Labute approximate surface area is 222 Å². The van der Waals surface area contributed by atoms with Crippen LogP contribution in [0.15, 0.2) is 65.3 Å². The molecule has 0 saturated carbocycles. The topological polar surface area (TPSA) is 89.3 Å². The summed E-state index contributed by atoms with van der Waals surface area (Å²) in [5.41, 5.74) is 2.67. The van der Waals surface area contributed by atoms with Crippen molar-refractivity contribution in [3.8, 4) is 5.75 Å². The number of amides is 2. The number of fused-ring (bicyclic) bond motifs is 1. The third-order valence-corrected chi connectivity index (χ3v) is 7.13. The summed E-state index contributed by atoms with van der Waals surface area (Å²) in [6.45, 7) is 1.33. The van der Waals surface area contributed by atoms with Crippen molar-refractivity contribution in [3.05, 3.63) is 88.9 Å². The summed E-state index contributed by atoms with van der Waals surface area (Å²) < 4.78 is 17.2. The molecule has 8 nitrogen and oxygen atoms in total. The minimum absolute atomic E-state index is 0.0826. The molecule has 1 aliphatic carbocycles. The van der Waals surface area contributed by atoms with Crippen LogP contribution in [0.5, 0.6) is 5.75 Å². The zero-order valence-corrected chi connectivity index (χ0v) is 21.6.